The van der Waals surface area contributed by atoms with Crippen molar-refractivity contribution in [2.24, 2.45) is 0 Å². The average Bonchev–Trinajstić information content (AvgIpc) is 2.13. The number of aliphatic hydroxyl groups is 2. The molecule has 0 radical (unpaired) electrons. The number of ether oxygens (including phenoxy) is 1. The van der Waals surface area contributed by atoms with E-state index in [1.54, 1.807) is 0 Å². The predicted molar refractivity (Wildman–Crippen MR) is 28.9 cm³/mol. The molecule has 0 aromatic heterocycles. The first kappa shape index (κ1) is 7.46. The van der Waals surface area contributed by atoms with Gasteiger partial charge in [-0.15, -0.1) is 0 Å². The third-order valence-corrected chi connectivity index (χ3v) is 1.40. The second-order valence-corrected chi connectivity index (χ2v) is 2.20. The Kier molecular flexibility index (Phi) is 1.63. The van der Waals surface area contributed by atoms with E-state index in [-0.39, 0.29) is 12.8 Å². The number of aliphatic hydroxyl groups excluding tert-OH is 1. The molecule has 2 atom stereocenters. The number of hydrogen-bond donors (Lipinski definition) is 3. The lowest BCUT2D eigenvalue weighted by atomic mass is 10.2. The van der Waals surface area contributed by atoms with Gasteiger partial charge in [0.05, 0.1) is 0 Å². The van der Waals surface area contributed by atoms with Crippen LogP contribution in [0.3, 0.4) is 0 Å². The smallest absolute Gasteiger partial charge is 0.364 e. The van der Waals surface area contributed by atoms with E-state index in [0.29, 0.717) is 0 Å². The molecule has 5 heteroatoms. The van der Waals surface area contributed by atoms with E-state index in [9.17, 15) is 4.79 Å². The van der Waals surface area contributed by atoms with Crippen molar-refractivity contribution in [3.05, 3.63) is 0 Å². The van der Waals surface area contributed by atoms with Gasteiger partial charge < -0.3 is 20.1 Å². The van der Waals surface area contributed by atoms with Crippen molar-refractivity contribution in [1.29, 1.82) is 0 Å². The Bertz CT molecular complexity index is 156. The second kappa shape index (κ2) is 2.19. The summed E-state index contributed by atoms with van der Waals surface area (Å²) in [6.45, 7) is 0. The fourth-order valence-electron chi connectivity index (χ4n) is 0.819. The van der Waals surface area contributed by atoms with Gasteiger partial charge in [0.25, 0.3) is 5.79 Å². The summed E-state index contributed by atoms with van der Waals surface area (Å²) in [5.74, 6) is -3.62. The lowest BCUT2D eigenvalue weighted by Gasteiger charge is -2.15. The maximum Gasteiger partial charge on any atom is 0.364 e. The lowest BCUT2D eigenvalue weighted by molar-refractivity contribution is -0.242. The van der Waals surface area contributed by atoms with Crippen LogP contribution in [0.1, 0.15) is 12.8 Å². The molecule has 0 unspecified atom stereocenters. The highest BCUT2D eigenvalue weighted by atomic mass is 16.7. The summed E-state index contributed by atoms with van der Waals surface area (Å²) >= 11 is 0. The Morgan fingerprint density at radius 3 is 2.50 bits per heavy atom. The average molecular weight is 148 g/mol. The molecule has 1 fully saturated rings. The van der Waals surface area contributed by atoms with Crippen LogP contribution in [0.5, 0.6) is 0 Å². The third-order valence-electron chi connectivity index (χ3n) is 1.40. The summed E-state index contributed by atoms with van der Waals surface area (Å²) < 4.78 is 4.32. The molecule has 0 amide bonds. The predicted octanol–water partition coefficient (Wildman–Crippen LogP) is -1.11. The van der Waals surface area contributed by atoms with E-state index < -0.39 is 18.0 Å². The van der Waals surface area contributed by atoms with Gasteiger partial charge in [0.2, 0.25) is 0 Å². The minimum atomic E-state index is -2.17. The van der Waals surface area contributed by atoms with Crippen molar-refractivity contribution in [2.75, 3.05) is 0 Å². The molecular weight excluding hydrogens is 140 g/mol. The van der Waals surface area contributed by atoms with Crippen LogP contribution in [0.15, 0.2) is 0 Å². The van der Waals surface area contributed by atoms with Gasteiger partial charge in [-0.1, -0.05) is 0 Å². The zero-order chi connectivity index (χ0) is 7.78. The highest BCUT2D eigenvalue weighted by Gasteiger charge is 2.44. The SMILES string of the molecule is O=C(O)[C@]1(O)CC[C@H](O)O1. The van der Waals surface area contributed by atoms with Crippen molar-refractivity contribution in [2.45, 2.75) is 24.9 Å². The number of carboxylic acids is 1. The first-order valence-electron chi connectivity index (χ1n) is 2.86. The van der Waals surface area contributed by atoms with Crippen molar-refractivity contribution in [3.8, 4) is 0 Å². The van der Waals surface area contributed by atoms with Crippen LogP contribution in [0.4, 0.5) is 0 Å². The van der Waals surface area contributed by atoms with Crippen LogP contribution in [-0.4, -0.2) is 33.4 Å². The molecule has 0 spiro atoms. The molecule has 1 aliphatic heterocycles. The molecule has 0 aliphatic carbocycles. The van der Waals surface area contributed by atoms with Crippen LogP contribution in [-0.2, 0) is 9.53 Å². The van der Waals surface area contributed by atoms with E-state index >= 15 is 0 Å². The number of hydrogen-bond acceptors (Lipinski definition) is 4. The van der Waals surface area contributed by atoms with E-state index in [1.165, 1.54) is 0 Å². The van der Waals surface area contributed by atoms with E-state index in [0.717, 1.165) is 0 Å². The first-order chi connectivity index (χ1) is 4.54. The number of rotatable bonds is 1. The second-order valence-electron chi connectivity index (χ2n) is 2.20. The van der Waals surface area contributed by atoms with E-state index in [2.05, 4.69) is 4.74 Å². The molecule has 0 bridgehead atoms. The summed E-state index contributed by atoms with van der Waals surface area (Å²) in [4.78, 5) is 10.2. The maximum atomic E-state index is 10.2. The molecule has 1 aliphatic rings. The Hall–Kier alpha value is -0.650. The summed E-state index contributed by atoms with van der Waals surface area (Å²) in [5, 5.41) is 25.9. The molecule has 5 nitrogen and oxygen atoms in total. The standard InChI is InChI=1S/C5H8O5/c6-3-1-2-5(9,10-3)4(7)8/h3,6,9H,1-2H2,(H,7,8)/t3-,5+/m1/s1. The van der Waals surface area contributed by atoms with Gasteiger partial charge in [0.1, 0.15) is 0 Å². The molecule has 0 saturated carbocycles. The zero-order valence-corrected chi connectivity index (χ0v) is 5.15. The van der Waals surface area contributed by atoms with Crippen LogP contribution < -0.4 is 0 Å². The van der Waals surface area contributed by atoms with Crippen molar-refractivity contribution < 1.29 is 24.9 Å². The van der Waals surface area contributed by atoms with Gasteiger partial charge in [-0.2, -0.15) is 0 Å². The van der Waals surface area contributed by atoms with Gasteiger partial charge >= 0.3 is 5.97 Å². The largest absolute Gasteiger partial charge is 0.477 e. The highest BCUT2D eigenvalue weighted by molar-refractivity contribution is 5.75. The summed E-state index contributed by atoms with van der Waals surface area (Å²) in [6.07, 6.45) is -1.06. The minimum Gasteiger partial charge on any atom is -0.477 e. The summed E-state index contributed by atoms with van der Waals surface area (Å²) in [6, 6.07) is 0. The van der Waals surface area contributed by atoms with Gasteiger partial charge in [-0.05, 0) is 0 Å². The Morgan fingerprint density at radius 2 is 2.30 bits per heavy atom. The van der Waals surface area contributed by atoms with Crippen molar-refractivity contribution in [1.82, 2.24) is 0 Å². The molecule has 10 heavy (non-hydrogen) atoms. The van der Waals surface area contributed by atoms with Gasteiger partial charge in [-0.25, -0.2) is 4.79 Å². The topological polar surface area (TPSA) is 87.0 Å². The first-order valence-corrected chi connectivity index (χ1v) is 2.86. The Morgan fingerprint density at radius 1 is 1.70 bits per heavy atom. The molecular formula is C5H8O5. The lowest BCUT2D eigenvalue weighted by Crippen LogP contribution is -2.38. The van der Waals surface area contributed by atoms with Gasteiger partial charge in [-0.3, -0.25) is 0 Å². The van der Waals surface area contributed by atoms with Crippen LogP contribution >= 0.6 is 0 Å². The quantitative estimate of drug-likeness (QED) is 0.439. The molecule has 58 valence electrons. The number of carboxylic acid groups (broad SMARTS) is 1. The van der Waals surface area contributed by atoms with Crippen molar-refractivity contribution in [3.63, 3.8) is 0 Å². The summed E-state index contributed by atoms with van der Waals surface area (Å²) in [5.41, 5.74) is 0. The normalized spacial score (nSPS) is 40.0. The highest BCUT2D eigenvalue weighted by Crippen LogP contribution is 2.26. The fraction of sp³-hybridized carbons (Fsp3) is 0.800. The van der Waals surface area contributed by atoms with Crippen LogP contribution in [0.25, 0.3) is 0 Å². The van der Waals surface area contributed by atoms with E-state index in [4.69, 9.17) is 15.3 Å². The molecule has 3 N–H and O–H groups in total. The molecule has 1 saturated heterocycles. The fourth-order valence-corrected chi connectivity index (χ4v) is 0.819. The summed E-state index contributed by atoms with van der Waals surface area (Å²) in [7, 11) is 0. The molecule has 0 aromatic carbocycles. The monoisotopic (exact) mass is 148 g/mol. The molecule has 0 aromatic rings. The minimum absolute atomic E-state index is 0.0660. The zero-order valence-electron chi connectivity index (χ0n) is 5.15. The third kappa shape index (κ3) is 1.11. The van der Waals surface area contributed by atoms with Crippen molar-refractivity contribution >= 4 is 5.97 Å². The number of aliphatic carboxylic acids is 1. The van der Waals surface area contributed by atoms with E-state index in [1.807, 2.05) is 0 Å². The molecule has 1 rings (SSSR count). The maximum absolute atomic E-state index is 10.2. The Labute approximate surface area is 56.9 Å². The van der Waals surface area contributed by atoms with Crippen LogP contribution in [0, 0.1) is 0 Å². The molecule has 1 heterocycles. The van der Waals surface area contributed by atoms with Gasteiger partial charge in [0.15, 0.2) is 6.29 Å². The Balaban J connectivity index is 2.63. The number of carbonyl (C=O) groups is 1. The van der Waals surface area contributed by atoms with Crippen LogP contribution in [0.2, 0.25) is 0 Å². The van der Waals surface area contributed by atoms with Gasteiger partial charge in [0, 0.05) is 12.8 Å².